The van der Waals surface area contributed by atoms with E-state index in [4.69, 9.17) is 4.74 Å². The van der Waals surface area contributed by atoms with Crippen LogP contribution < -0.4 is 4.74 Å². The quantitative estimate of drug-likeness (QED) is 0.706. The largest absolute Gasteiger partial charge is 0.496 e. The van der Waals surface area contributed by atoms with Crippen molar-refractivity contribution in [3.63, 3.8) is 0 Å². The van der Waals surface area contributed by atoms with E-state index >= 15 is 0 Å². The fraction of sp³-hybridized carbons (Fsp3) is 0.647. The van der Waals surface area contributed by atoms with Crippen molar-refractivity contribution in [1.82, 2.24) is 4.90 Å². The summed E-state index contributed by atoms with van der Waals surface area (Å²) in [5.74, 6) is 0.183. The Morgan fingerprint density at radius 3 is 2.52 bits per heavy atom. The van der Waals surface area contributed by atoms with Crippen molar-refractivity contribution >= 4 is 19.7 Å². The van der Waals surface area contributed by atoms with Crippen LogP contribution in [0.5, 0.6) is 5.75 Å². The lowest BCUT2D eigenvalue weighted by Crippen LogP contribution is -2.44. The van der Waals surface area contributed by atoms with Crippen LogP contribution in [0.2, 0.25) is 0 Å². The summed E-state index contributed by atoms with van der Waals surface area (Å²) < 4.78 is 55.8. The van der Waals surface area contributed by atoms with Gasteiger partial charge < -0.3 is 9.64 Å². The van der Waals surface area contributed by atoms with Crippen LogP contribution in [0.15, 0.2) is 23.1 Å². The standard InChI is InChI=1S/C17H27NO5S2/c1-5-6-9-18(3)15-11-24(19,20)12-17(15)25(21,22)14-7-8-16(23-4)13(2)10-14/h7-8,10,15,17H,5-6,9,11-12H2,1-4H3/t15-,17-/m0/s1. The maximum atomic E-state index is 13.1. The van der Waals surface area contributed by atoms with E-state index in [1.807, 2.05) is 18.9 Å². The van der Waals surface area contributed by atoms with Gasteiger partial charge in [-0.2, -0.15) is 0 Å². The second-order valence-electron chi connectivity index (χ2n) is 6.69. The molecular weight excluding hydrogens is 362 g/mol. The van der Waals surface area contributed by atoms with E-state index in [0.29, 0.717) is 17.9 Å². The maximum absolute atomic E-state index is 13.1. The van der Waals surface area contributed by atoms with Gasteiger partial charge in [-0.15, -0.1) is 0 Å². The highest BCUT2D eigenvalue weighted by Gasteiger charge is 2.47. The second-order valence-corrected chi connectivity index (χ2v) is 11.0. The first kappa shape index (κ1) is 20.2. The van der Waals surface area contributed by atoms with Crippen LogP contribution in [0.25, 0.3) is 0 Å². The van der Waals surface area contributed by atoms with Gasteiger partial charge in [-0.3, -0.25) is 0 Å². The van der Waals surface area contributed by atoms with Crippen LogP contribution in [0, 0.1) is 6.92 Å². The number of nitrogens with zero attached hydrogens (tertiary/aromatic N) is 1. The Morgan fingerprint density at radius 1 is 1.28 bits per heavy atom. The molecule has 8 heteroatoms. The van der Waals surface area contributed by atoms with Gasteiger partial charge in [-0.1, -0.05) is 13.3 Å². The fourth-order valence-corrected chi connectivity index (χ4v) is 8.27. The van der Waals surface area contributed by atoms with E-state index in [-0.39, 0.29) is 16.4 Å². The van der Waals surface area contributed by atoms with Crippen LogP contribution in [0.3, 0.4) is 0 Å². The third-order valence-corrected chi connectivity index (χ3v) is 8.91. The van der Waals surface area contributed by atoms with Crippen molar-refractivity contribution in [3.8, 4) is 5.75 Å². The van der Waals surface area contributed by atoms with Gasteiger partial charge in [0.2, 0.25) is 0 Å². The third kappa shape index (κ3) is 4.35. The SMILES string of the molecule is CCCCN(C)[C@H]1CS(=O)(=O)C[C@@H]1S(=O)(=O)c1ccc(OC)c(C)c1. The molecular formula is C17H27NO5S2. The Morgan fingerprint density at radius 2 is 1.96 bits per heavy atom. The van der Waals surface area contributed by atoms with Gasteiger partial charge in [0, 0.05) is 6.04 Å². The Labute approximate surface area is 151 Å². The summed E-state index contributed by atoms with van der Waals surface area (Å²) >= 11 is 0. The Bertz CT molecular complexity index is 817. The van der Waals surface area contributed by atoms with E-state index in [1.54, 1.807) is 19.1 Å². The summed E-state index contributed by atoms with van der Waals surface area (Å²) in [6, 6.07) is 4.16. The van der Waals surface area contributed by atoms with Gasteiger partial charge in [0.15, 0.2) is 19.7 Å². The van der Waals surface area contributed by atoms with E-state index in [9.17, 15) is 16.8 Å². The predicted molar refractivity (Wildman–Crippen MR) is 98.7 cm³/mol. The maximum Gasteiger partial charge on any atom is 0.183 e. The molecule has 0 amide bonds. The summed E-state index contributed by atoms with van der Waals surface area (Å²) in [7, 11) is -3.79. The lowest BCUT2D eigenvalue weighted by molar-refractivity contribution is 0.259. The zero-order valence-corrected chi connectivity index (χ0v) is 16.9. The minimum absolute atomic E-state index is 0.105. The van der Waals surface area contributed by atoms with Crippen molar-refractivity contribution in [2.24, 2.45) is 0 Å². The highest BCUT2D eigenvalue weighted by atomic mass is 32.2. The van der Waals surface area contributed by atoms with Gasteiger partial charge in [0.25, 0.3) is 0 Å². The predicted octanol–water partition coefficient (Wildman–Crippen LogP) is 1.67. The smallest absolute Gasteiger partial charge is 0.183 e. The molecule has 1 fully saturated rings. The highest BCUT2D eigenvalue weighted by molar-refractivity contribution is 7.96. The van der Waals surface area contributed by atoms with Gasteiger partial charge in [0.05, 0.1) is 28.8 Å². The number of ether oxygens (including phenoxy) is 1. The molecule has 25 heavy (non-hydrogen) atoms. The molecule has 6 nitrogen and oxygen atoms in total. The van der Waals surface area contributed by atoms with Gasteiger partial charge in [0.1, 0.15) is 5.75 Å². The molecule has 0 bridgehead atoms. The Hall–Kier alpha value is -1.12. The molecule has 142 valence electrons. The second kappa shape index (κ2) is 7.63. The van der Waals surface area contributed by atoms with Crippen molar-refractivity contribution in [3.05, 3.63) is 23.8 Å². The molecule has 0 spiro atoms. The molecule has 0 aromatic heterocycles. The number of methoxy groups -OCH3 is 1. The summed E-state index contributed by atoms with van der Waals surface area (Å²) in [5, 5.41) is -0.938. The molecule has 0 N–H and O–H groups in total. The number of rotatable bonds is 7. The average Bonchev–Trinajstić information content (AvgIpc) is 2.89. The van der Waals surface area contributed by atoms with Gasteiger partial charge in [-0.05, 0) is 50.7 Å². The van der Waals surface area contributed by atoms with E-state index in [1.165, 1.54) is 13.2 Å². The zero-order chi connectivity index (χ0) is 18.8. The van der Waals surface area contributed by atoms with Crippen molar-refractivity contribution < 1.29 is 21.6 Å². The molecule has 0 radical (unpaired) electrons. The first-order valence-corrected chi connectivity index (χ1v) is 11.8. The monoisotopic (exact) mass is 389 g/mol. The first-order valence-electron chi connectivity index (χ1n) is 8.41. The summed E-state index contributed by atoms with van der Waals surface area (Å²) in [6.07, 6.45) is 1.88. The topological polar surface area (TPSA) is 80.8 Å². The number of unbranched alkanes of at least 4 members (excludes halogenated alkanes) is 1. The Balaban J connectivity index is 2.39. The van der Waals surface area contributed by atoms with Crippen LogP contribution in [0.4, 0.5) is 0 Å². The molecule has 1 aromatic carbocycles. The average molecular weight is 390 g/mol. The van der Waals surface area contributed by atoms with Crippen LogP contribution in [-0.4, -0.2) is 65.2 Å². The lowest BCUT2D eigenvalue weighted by Gasteiger charge is -2.28. The summed E-state index contributed by atoms with van der Waals surface area (Å²) in [5.41, 5.74) is 0.709. The molecule has 1 aromatic rings. The molecule has 2 atom stereocenters. The number of aryl methyl sites for hydroxylation is 1. The van der Waals surface area contributed by atoms with Crippen molar-refractivity contribution in [1.29, 1.82) is 0 Å². The molecule has 1 aliphatic heterocycles. The summed E-state index contributed by atoms with van der Waals surface area (Å²) in [6.45, 7) is 4.51. The Kier molecular flexibility index (Phi) is 6.17. The number of hydrogen-bond acceptors (Lipinski definition) is 6. The summed E-state index contributed by atoms with van der Waals surface area (Å²) in [4.78, 5) is 2.04. The van der Waals surface area contributed by atoms with Gasteiger partial charge in [-0.25, -0.2) is 16.8 Å². The highest BCUT2D eigenvalue weighted by Crippen LogP contribution is 2.30. The van der Waals surface area contributed by atoms with E-state index in [0.717, 1.165) is 12.8 Å². The molecule has 1 aliphatic rings. The molecule has 2 rings (SSSR count). The molecule has 0 saturated carbocycles. The van der Waals surface area contributed by atoms with Crippen LogP contribution in [0.1, 0.15) is 25.3 Å². The third-order valence-electron chi connectivity index (χ3n) is 4.80. The van der Waals surface area contributed by atoms with Crippen LogP contribution >= 0.6 is 0 Å². The van der Waals surface area contributed by atoms with Gasteiger partial charge >= 0.3 is 0 Å². The minimum atomic E-state index is -3.75. The van der Waals surface area contributed by atoms with Crippen molar-refractivity contribution in [2.75, 3.05) is 32.2 Å². The molecule has 0 aliphatic carbocycles. The molecule has 0 unspecified atom stereocenters. The number of sulfone groups is 2. The minimum Gasteiger partial charge on any atom is -0.496 e. The zero-order valence-electron chi connectivity index (χ0n) is 15.2. The first-order chi connectivity index (χ1) is 11.6. The normalized spacial score (nSPS) is 23.1. The lowest BCUT2D eigenvalue weighted by atomic mass is 10.2. The van der Waals surface area contributed by atoms with Crippen molar-refractivity contribution in [2.45, 2.75) is 42.9 Å². The van der Waals surface area contributed by atoms with Crippen LogP contribution in [-0.2, 0) is 19.7 Å². The fourth-order valence-electron chi connectivity index (χ4n) is 3.28. The van der Waals surface area contributed by atoms with E-state index < -0.39 is 31.0 Å². The number of hydrogen-bond donors (Lipinski definition) is 0. The molecule has 1 heterocycles. The molecule has 1 saturated heterocycles. The van der Waals surface area contributed by atoms with E-state index in [2.05, 4.69) is 0 Å². The number of benzene rings is 1.